The van der Waals surface area contributed by atoms with E-state index in [4.69, 9.17) is 9.15 Å². The van der Waals surface area contributed by atoms with Gasteiger partial charge in [0.1, 0.15) is 0 Å². The van der Waals surface area contributed by atoms with E-state index in [-0.39, 0.29) is 5.54 Å². The molecular formula is C13H24N4O2. The number of anilines is 1. The van der Waals surface area contributed by atoms with Gasteiger partial charge in [-0.3, -0.25) is 0 Å². The maximum Gasteiger partial charge on any atom is 0.315 e. The lowest BCUT2D eigenvalue weighted by molar-refractivity contribution is 0.0698. The minimum absolute atomic E-state index is 0.0458. The number of hydrogen-bond donors (Lipinski definition) is 2. The predicted molar refractivity (Wildman–Crippen MR) is 72.9 cm³/mol. The van der Waals surface area contributed by atoms with Gasteiger partial charge in [-0.2, -0.15) is 0 Å². The van der Waals surface area contributed by atoms with Gasteiger partial charge < -0.3 is 19.8 Å². The van der Waals surface area contributed by atoms with Crippen molar-refractivity contribution in [2.45, 2.75) is 45.7 Å². The molecule has 0 spiro atoms. The third-order valence-corrected chi connectivity index (χ3v) is 3.12. The van der Waals surface area contributed by atoms with Crippen LogP contribution in [0, 0.1) is 5.92 Å². The second kappa shape index (κ2) is 6.34. The molecule has 108 valence electrons. The molecule has 0 unspecified atom stereocenters. The van der Waals surface area contributed by atoms with Crippen LogP contribution in [0.3, 0.4) is 0 Å². The fourth-order valence-corrected chi connectivity index (χ4v) is 1.92. The van der Waals surface area contributed by atoms with Gasteiger partial charge in [0.15, 0.2) is 0 Å². The van der Waals surface area contributed by atoms with Crippen LogP contribution in [0.15, 0.2) is 4.42 Å². The van der Waals surface area contributed by atoms with Gasteiger partial charge in [-0.1, -0.05) is 5.10 Å². The van der Waals surface area contributed by atoms with E-state index in [1.54, 1.807) is 0 Å². The van der Waals surface area contributed by atoms with Crippen LogP contribution >= 0.6 is 0 Å². The summed E-state index contributed by atoms with van der Waals surface area (Å²) in [4.78, 5) is 0. The first-order valence-electron chi connectivity index (χ1n) is 6.92. The van der Waals surface area contributed by atoms with Crippen molar-refractivity contribution in [2.75, 3.05) is 25.1 Å². The molecule has 1 fully saturated rings. The summed E-state index contributed by atoms with van der Waals surface area (Å²) in [5, 5.41) is 14.5. The Morgan fingerprint density at radius 3 is 2.63 bits per heavy atom. The average Bonchev–Trinajstić information content (AvgIpc) is 2.82. The van der Waals surface area contributed by atoms with Crippen molar-refractivity contribution in [2.24, 2.45) is 5.92 Å². The van der Waals surface area contributed by atoms with Gasteiger partial charge in [0.25, 0.3) is 0 Å². The second-order valence-electron chi connectivity index (χ2n) is 6.04. The first-order valence-corrected chi connectivity index (χ1v) is 6.92. The number of aromatic nitrogens is 2. The number of hydrogen-bond acceptors (Lipinski definition) is 6. The molecule has 6 heteroatoms. The third kappa shape index (κ3) is 5.16. The summed E-state index contributed by atoms with van der Waals surface area (Å²) in [6.07, 6.45) is 2.19. The SMILES string of the molecule is CC(C)(C)NCc1nnc(NCC2CCOCC2)o1. The molecule has 19 heavy (non-hydrogen) atoms. The van der Waals surface area contributed by atoms with Crippen molar-refractivity contribution in [3.63, 3.8) is 0 Å². The highest BCUT2D eigenvalue weighted by Crippen LogP contribution is 2.15. The van der Waals surface area contributed by atoms with Crippen LogP contribution in [-0.4, -0.2) is 35.5 Å². The van der Waals surface area contributed by atoms with Gasteiger partial charge in [0.2, 0.25) is 5.89 Å². The Labute approximate surface area is 114 Å². The van der Waals surface area contributed by atoms with E-state index in [1.807, 2.05) is 0 Å². The van der Waals surface area contributed by atoms with Gasteiger partial charge in [0, 0.05) is 25.3 Å². The van der Waals surface area contributed by atoms with E-state index in [1.165, 1.54) is 0 Å². The van der Waals surface area contributed by atoms with Crippen LogP contribution in [-0.2, 0) is 11.3 Å². The van der Waals surface area contributed by atoms with Gasteiger partial charge >= 0.3 is 6.01 Å². The molecule has 1 aliphatic rings. The van der Waals surface area contributed by atoms with Crippen molar-refractivity contribution < 1.29 is 9.15 Å². The molecular weight excluding hydrogens is 244 g/mol. The van der Waals surface area contributed by atoms with Crippen LogP contribution in [0.2, 0.25) is 0 Å². The Balaban J connectivity index is 1.74. The Bertz CT molecular complexity index is 380. The lowest BCUT2D eigenvalue weighted by Gasteiger charge is -2.21. The quantitative estimate of drug-likeness (QED) is 0.848. The minimum atomic E-state index is 0.0458. The second-order valence-corrected chi connectivity index (χ2v) is 6.04. The molecule has 2 rings (SSSR count). The fraction of sp³-hybridized carbons (Fsp3) is 0.846. The van der Waals surface area contributed by atoms with Crippen LogP contribution in [0.4, 0.5) is 6.01 Å². The van der Waals surface area contributed by atoms with Crippen molar-refractivity contribution in [3.8, 4) is 0 Å². The monoisotopic (exact) mass is 268 g/mol. The topological polar surface area (TPSA) is 72.2 Å². The Morgan fingerprint density at radius 2 is 1.95 bits per heavy atom. The highest BCUT2D eigenvalue weighted by atomic mass is 16.5. The smallest absolute Gasteiger partial charge is 0.315 e. The molecule has 0 radical (unpaired) electrons. The molecule has 1 aromatic rings. The van der Waals surface area contributed by atoms with Gasteiger partial charge in [-0.15, -0.1) is 5.10 Å². The van der Waals surface area contributed by atoms with Crippen molar-refractivity contribution >= 4 is 6.01 Å². The first-order chi connectivity index (χ1) is 9.03. The number of rotatable bonds is 5. The van der Waals surface area contributed by atoms with E-state index in [2.05, 4.69) is 41.6 Å². The molecule has 0 atom stereocenters. The normalized spacial score (nSPS) is 17.6. The molecule has 1 saturated heterocycles. The summed E-state index contributed by atoms with van der Waals surface area (Å²) in [6.45, 7) is 9.50. The summed E-state index contributed by atoms with van der Waals surface area (Å²) in [7, 11) is 0. The van der Waals surface area contributed by atoms with Crippen molar-refractivity contribution in [1.82, 2.24) is 15.5 Å². The fourth-order valence-electron chi connectivity index (χ4n) is 1.92. The van der Waals surface area contributed by atoms with E-state index in [0.717, 1.165) is 32.6 Å². The van der Waals surface area contributed by atoms with Crippen LogP contribution in [0.5, 0.6) is 0 Å². The first kappa shape index (κ1) is 14.3. The zero-order chi connectivity index (χ0) is 13.7. The molecule has 1 aromatic heterocycles. The summed E-state index contributed by atoms with van der Waals surface area (Å²) in [6, 6.07) is 0.511. The van der Waals surface area contributed by atoms with Gasteiger partial charge in [0.05, 0.1) is 6.54 Å². The summed E-state index contributed by atoms with van der Waals surface area (Å²) < 4.78 is 10.9. The molecule has 0 bridgehead atoms. The molecule has 6 nitrogen and oxygen atoms in total. The third-order valence-electron chi connectivity index (χ3n) is 3.12. The highest BCUT2D eigenvalue weighted by molar-refractivity contribution is 5.16. The van der Waals surface area contributed by atoms with E-state index < -0.39 is 0 Å². The Kier molecular flexibility index (Phi) is 4.76. The molecule has 0 aliphatic carbocycles. The van der Waals surface area contributed by atoms with Crippen molar-refractivity contribution in [3.05, 3.63) is 5.89 Å². The molecule has 2 N–H and O–H groups in total. The molecule has 0 aromatic carbocycles. The van der Waals surface area contributed by atoms with Crippen LogP contribution in [0.1, 0.15) is 39.5 Å². The van der Waals surface area contributed by atoms with Gasteiger partial charge in [-0.05, 0) is 39.5 Å². The minimum Gasteiger partial charge on any atom is -0.407 e. The van der Waals surface area contributed by atoms with Crippen LogP contribution < -0.4 is 10.6 Å². The number of nitrogens with zero attached hydrogens (tertiary/aromatic N) is 2. The van der Waals surface area contributed by atoms with E-state index >= 15 is 0 Å². The van der Waals surface area contributed by atoms with Crippen molar-refractivity contribution in [1.29, 1.82) is 0 Å². The predicted octanol–water partition coefficient (Wildman–Crippen LogP) is 1.80. The summed E-state index contributed by atoms with van der Waals surface area (Å²) in [5.74, 6) is 1.25. The number of ether oxygens (including phenoxy) is 1. The average molecular weight is 268 g/mol. The standard InChI is InChI=1S/C13H24N4O2/c1-13(2,3)15-9-11-16-17-12(19-11)14-8-10-4-6-18-7-5-10/h10,15H,4-9H2,1-3H3,(H,14,17). The highest BCUT2D eigenvalue weighted by Gasteiger charge is 2.15. The maximum absolute atomic E-state index is 5.54. The number of nitrogens with one attached hydrogen (secondary N) is 2. The van der Waals surface area contributed by atoms with E-state index in [9.17, 15) is 0 Å². The van der Waals surface area contributed by atoms with Gasteiger partial charge in [-0.25, -0.2) is 0 Å². The zero-order valence-electron chi connectivity index (χ0n) is 12.0. The largest absolute Gasteiger partial charge is 0.407 e. The Morgan fingerprint density at radius 1 is 1.21 bits per heavy atom. The maximum atomic E-state index is 5.54. The molecule has 0 amide bonds. The Hall–Kier alpha value is -1.14. The lowest BCUT2D eigenvalue weighted by atomic mass is 10.0. The van der Waals surface area contributed by atoms with E-state index in [0.29, 0.717) is 24.4 Å². The lowest BCUT2D eigenvalue weighted by Crippen LogP contribution is -2.35. The van der Waals surface area contributed by atoms with Crippen LogP contribution in [0.25, 0.3) is 0 Å². The molecule has 1 aliphatic heterocycles. The summed E-state index contributed by atoms with van der Waals surface area (Å²) >= 11 is 0. The molecule has 2 heterocycles. The summed E-state index contributed by atoms with van der Waals surface area (Å²) in [5.41, 5.74) is 0.0458. The zero-order valence-corrected chi connectivity index (χ0v) is 12.0. The molecule has 0 saturated carbocycles.